The van der Waals surface area contributed by atoms with Gasteiger partial charge in [-0.05, 0) is 43.0 Å². The number of benzene rings is 1. The Labute approximate surface area is 115 Å². The van der Waals surface area contributed by atoms with Crippen LogP contribution in [0.5, 0.6) is 0 Å². The Balaban J connectivity index is 2.18. The van der Waals surface area contributed by atoms with Gasteiger partial charge in [-0.2, -0.15) is 5.26 Å². The van der Waals surface area contributed by atoms with Gasteiger partial charge in [0, 0.05) is 0 Å². The van der Waals surface area contributed by atoms with Crippen LogP contribution in [0.15, 0.2) is 18.2 Å². The smallest absolute Gasteiger partial charge is 0.157 e. The molecule has 1 saturated carbocycles. The zero-order chi connectivity index (χ0) is 13.9. The molecule has 0 spiro atoms. The van der Waals surface area contributed by atoms with Crippen LogP contribution < -0.4 is 0 Å². The molecule has 0 aliphatic heterocycles. The number of nitrogens with zero attached hydrogens (tertiary/aromatic N) is 1. The van der Waals surface area contributed by atoms with Crippen molar-refractivity contribution < 1.29 is 8.42 Å². The molecule has 1 aliphatic rings. The summed E-state index contributed by atoms with van der Waals surface area (Å²) in [6.07, 6.45) is 4.81. The Hall–Kier alpha value is -1.34. The number of hydrogen-bond acceptors (Lipinski definition) is 3. The van der Waals surface area contributed by atoms with E-state index in [0.29, 0.717) is 5.56 Å². The molecule has 1 fully saturated rings. The predicted octanol–water partition coefficient (Wildman–Crippen LogP) is 3.11. The maximum atomic E-state index is 12.4. The quantitative estimate of drug-likeness (QED) is 0.853. The van der Waals surface area contributed by atoms with Crippen LogP contribution in [0.2, 0.25) is 0 Å². The number of rotatable bonds is 3. The molecular formula is C15H19NO2S. The molecule has 0 N–H and O–H groups in total. The van der Waals surface area contributed by atoms with Crippen molar-refractivity contribution >= 4 is 9.84 Å². The highest BCUT2D eigenvalue weighted by Gasteiger charge is 2.27. The van der Waals surface area contributed by atoms with Crippen LogP contribution >= 0.6 is 0 Å². The summed E-state index contributed by atoms with van der Waals surface area (Å²) in [5, 5.41) is 8.65. The Kier molecular flexibility index (Phi) is 4.26. The van der Waals surface area contributed by atoms with Crippen molar-refractivity contribution in [3.63, 3.8) is 0 Å². The highest BCUT2D eigenvalue weighted by molar-refractivity contribution is 7.91. The summed E-state index contributed by atoms with van der Waals surface area (Å²) < 4.78 is 24.8. The van der Waals surface area contributed by atoms with Gasteiger partial charge < -0.3 is 0 Å². The van der Waals surface area contributed by atoms with Gasteiger partial charge >= 0.3 is 0 Å². The van der Waals surface area contributed by atoms with Gasteiger partial charge in [-0.1, -0.05) is 25.3 Å². The molecule has 1 aliphatic carbocycles. The maximum absolute atomic E-state index is 12.4. The number of sulfone groups is 1. The van der Waals surface area contributed by atoms with Crippen LogP contribution in [-0.4, -0.2) is 13.7 Å². The maximum Gasteiger partial charge on any atom is 0.157 e. The minimum atomic E-state index is -3.06. The lowest BCUT2D eigenvalue weighted by Crippen LogP contribution is -2.25. The first kappa shape index (κ1) is 14.1. The van der Waals surface area contributed by atoms with Crippen molar-refractivity contribution in [1.29, 1.82) is 5.26 Å². The van der Waals surface area contributed by atoms with Crippen molar-refractivity contribution in [2.75, 3.05) is 0 Å². The van der Waals surface area contributed by atoms with Crippen molar-refractivity contribution in [3.8, 4) is 6.07 Å². The van der Waals surface area contributed by atoms with E-state index in [4.69, 9.17) is 5.26 Å². The first-order valence-electron chi connectivity index (χ1n) is 6.74. The largest absolute Gasteiger partial charge is 0.228 e. The SMILES string of the molecule is Cc1cc(C#N)ccc1CS(=O)(=O)C1CCCCC1. The molecule has 102 valence electrons. The fourth-order valence-electron chi connectivity index (χ4n) is 2.69. The van der Waals surface area contributed by atoms with Gasteiger partial charge in [0.15, 0.2) is 9.84 Å². The third kappa shape index (κ3) is 3.36. The van der Waals surface area contributed by atoms with E-state index in [-0.39, 0.29) is 11.0 Å². The molecule has 1 aromatic carbocycles. The van der Waals surface area contributed by atoms with Crippen LogP contribution in [0.3, 0.4) is 0 Å². The Morgan fingerprint density at radius 3 is 2.53 bits per heavy atom. The van der Waals surface area contributed by atoms with Gasteiger partial charge in [-0.3, -0.25) is 0 Å². The van der Waals surface area contributed by atoms with E-state index >= 15 is 0 Å². The molecule has 0 amide bonds. The van der Waals surface area contributed by atoms with E-state index in [2.05, 4.69) is 6.07 Å². The van der Waals surface area contributed by atoms with E-state index in [0.717, 1.165) is 43.2 Å². The van der Waals surface area contributed by atoms with Gasteiger partial charge in [0.05, 0.1) is 22.6 Å². The monoisotopic (exact) mass is 277 g/mol. The van der Waals surface area contributed by atoms with E-state index in [1.165, 1.54) is 0 Å². The van der Waals surface area contributed by atoms with Gasteiger partial charge in [0.1, 0.15) is 0 Å². The number of aryl methyl sites for hydroxylation is 1. The standard InChI is InChI=1S/C15H19NO2S/c1-12-9-13(10-16)7-8-14(12)11-19(17,18)15-5-3-2-4-6-15/h7-9,15H,2-6,11H2,1H3. The molecule has 3 nitrogen and oxygen atoms in total. The molecule has 0 saturated heterocycles. The third-order valence-electron chi connectivity index (χ3n) is 3.89. The van der Waals surface area contributed by atoms with E-state index in [1.54, 1.807) is 18.2 Å². The molecular weight excluding hydrogens is 258 g/mol. The van der Waals surface area contributed by atoms with Gasteiger partial charge in [0.25, 0.3) is 0 Å². The summed E-state index contributed by atoms with van der Waals surface area (Å²) in [4.78, 5) is 0. The Morgan fingerprint density at radius 2 is 1.95 bits per heavy atom. The summed E-state index contributed by atoms with van der Waals surface area (Å²) in [5.74, 6) is 0.106. The van der Waals surface area contributed by atoms with Crippen molar-refractivity contribution in [1.82, 2.24) is 0 Å². The molecule has 0 unspecified atom stereocenters. The molecule has 19 heavy (non-hydrogen) atoms. The molecule has 1 aromatic rings. The predicted molar refractivity (Wildman–Crippen MR) is 75.4 cm³/mol. The highest BCUT2D eigenvalue weighted by atomic mass is 32.2. The Morgan fingerprint density at radius 1 is 1.26 bits per heavy atom. The van der Waals surface area contributed by atoms with Crippen molar-refractivity contribution in [2.24, 2.45) is 0 Å². The van der Waals surface area contributed by atoms with Crippen LogP contribution in [0.25, 0.3) is 0 Å². The number of nitriles is 1. The van der Waals surface area contributed by atoms with Crippen molar-refractivity contribution in [3.05, 3.63) is 34.9 Å². The molecule has 0 bridgehead atoms. The third-order valence-corrected chi connectivity index (χ3v) is 6.09. The molecule has 2 rings (SSSR count). The Bertz CT molecular complexity index is 593. The second kappa shape index (κ2) is 5.75. The summed E-state index contributed by atoms with van der Waals surface area (Å²) in [5.41, 5.74) is 2.29. The molecule has 4 heteroatoms. The topological polar surface area (TPSA) is 57.9 Å². The molecule has 0 heterocycles. The second-order valence-electron chi connectivity index (χ2n) is 5.32. The zero-order valence-corrected chi connectivity index (χ0v) is 12.0. The number of hydrogen-bond donors (Lipinski definition) is 0. The first-order chi connectivity index (χ1) is 9.03. The van der Waals surface area contributed by atoms with Crippen LogP contribution in [-0.2, 0) is 15.6 Å². The van der Waals surface area contributed by atoms with Crippen LogP contribution in [0.1, 0.15) is 48.8 Å². The first-order valence-corrected chi connectivity index (χ1v) is 8.45. The normalized spacial score (nSPS) is 17.1. The van der Waals surface area contributed by atoms with Crippen LogP contribution in [0.4, 0.5) is 0 Å². The average Bonchev–Trinajstić information content (AvgIpc) is 2.42. The summed E-state index contributed by atoms with van der Waals surface area (Å²) in [6, 6.07) is 7.29. The summed E-state index contributed by atoms with van der Waals surface area (Å²) in [6.45, 7) is 1.87. The summed E-state index contributed by atoms with van der Waals surface area (Å²) >= 11 is 0. The minimum absolute atomic E-state index is 0.106. The fraction of sp³-hybridized carbons (Fsp3) is 0.533. The lowest BCUT2D eigenvalue weighted by Gasteiger charge is -2.22. The highest BCUT2D eigenvalue weighted by Crippen LogP contribution is 2.27. The minimum Gasteiger partial charge on any atom is -0.228 e. The molecule has 0 aromatic heterocycles. The van der Waals surface area contributed by atoms with Gasteiger partial charge in [0.2, 0.25) is 0 Å². The van der Waals surface area contributed by atoms with Gasteiger partial charge in [-0.15, -0.1) is 0 Å². The van der Waals surface area contributed by atoms with E-state index in [1.807, 2.05) is 6.92 Å². The molecule has 0 atom stereocenters. The van der Waals surface area contributed by atoms with Crippen molar-refractivity contribution in [2.45, 2.75) is 50.0 Å². The molecule has 0 radical (unpaired) electrons. The van der Waals surface area contributed by atoms with Crippen LogP contribution in [0, 0.1) is 18.3 Å². The average molecular weight is 277 g/mol. The van der Waals surface area contributed by atoms with E-state index in [9.17, 15) is 8.42 Å². The lowest BCUT2D eigenvalue weighted by atomic mass is 10.0. The second-order valence-corrected chi connectivity index (χ2v) is 7.60. The van der Waals surface area contributed by atoms with Gasteiger partial charge in [-0.25, -0.2) is 8.42 Å². The summed E-state index contributed by atoms with van der Waals surface area (Å²) in [7, 11) is -3.06. The lowest BCUT2D eigenvalue weighted by molar-refractivity contribution is 0.483. The van der Waals surface area contributed by atoms with E-state index < -0.39 is 9.84 Å². The fourth-order valence-corrected chi connectivity index (χ4v) is 4.73. The zero-order valence-electron chi connectivity index (χ0n) is 11.2.